The Morgan fingerprint density at radius 3 is 2.56 bits per heavy atom. The molecule has 1 aliphatic rings. The van der Waals surface area contributed by atoms with Gasteiger partial charge in [0.2, 0.25) is 11.5 Å². The fourth-order valence-corrected chi connectivity index (χ4v) is 3.01. The Morgan fingerprint density at radius 2 is 2.00 bits per heavy atom. The summed E-state index contributed by atoms with van der Waals surface area (Å²) < 4.78 is 5.15. The summed E-state index contributed by atoms with van der Waals surface area (Å²) in [7, 11) is 0. The minimum Gasteiger partial charge on any atom is -0.478 e. The highest BCUT2D eigenvalue weighted by Gasteiger charge is 2.41. The van der Waals surface area contributed by atoms with Crippen molar-refractivity contribution in [3.63, 3.8) is 0 Å². The third-order valence-electron chi connectivity index (χ3n) is 4.09. The molecule has 1 aliphatic heterocycles. The van der Waals surface area contributed by atoms with Gasteiger partial charge in [-0.3, -0.25) is 14.9 Å². The number of oxime groups is 1. The number of amides is 3. The molecule has 1 fully saturated rings. The molecule has 2 heterocycles. The fraction of sp³-hybridized carbons (Fsp3) is 0.556. The molecule has 0 bridgehead atoms. The number of aliphatic carboxylic acids is 1. The molecule has 1 aromatic rings. The van der Waals surface area contributed by atoms with E-state index in [9.17, 15) is 24.3 Å². The van der Waals surface area contributed by atoms with Crippen LogP contribution in [0.5, 0.6) is 0 Å². The van der Waals surface area contributed by atoms with E-state index in [-0.39, 0.29) is 17.4 Å². The molecule has 16 heteroatoms. The van der Waals surface area contributed by atoms with Crippen LogP contribution in [-0.2, 0) is 24.0 Å². The van der Waals surface area contributed by atoms with Crippen molar-refractivity contribution in [1.82, 2.24) is 15.6 Å². The number of azide groups is 1. The maximum Gasteiger partial charge on any atom is 0.413 e. The number of anilines is 1. The first-order chi connectivity index (χ1) is 15.7. The van der Waals surface area contributed by atoms with Crippen LogP contribution in [0.2, 0.25) is 0 Å². The van der Waals surface area contributed by atoms with E-state index >= 15 is 0 Å². The van der Waals surface area contributed by atoms with Gasteiger partial charge < -0.3 is 25.3 Å². The highest BCUT2D eigenvalue weighted by Crippen LogP contribution is 2.19. The first-order valence-corrected chi connectivity index (χ1v) is 10.7. The summed E-state index contributed by atoms with van der Waals surface area (Å²) >= 11 is 0.950. The molecule has 0 aliphatic carbocycles. The molecule has 1 saturated heterocycles. The van der Waals surface area contributed by atoms with Gasteiger partial charge in [0.25, 0.3) is 5.91 Å². The van der Waals surface area contributed by atoms with Crippen molar-refractivity contribution < 1.29 is 33.9 Å². The number of β-lactam (4-membered cyclic amide) rings is 1. The number of carbonyl (C=O) groups excluding carboxylic acids is 3. The number of nitrogens with zero attached hydrogens (tertiary/aromatic N) is 5. The van der Waals surface area contributed by atoms with Gasteiger partial charge in [-0.2, -0.15) is 0 Å². The third kappa shape index (κ3) is 7.05. The topological polar surface area (TPSA) is 217 Å². The second-order valence-corrected chi connectivity index (χ2v) is 9.35. The minimum atomic E-state index is -1.78. The highest BCUT2D eigenvalue weighted by molar-refractivity contribution is 7.14. The number of thiazole rings is 1. The van der Waals surface area contributed by atoms with E-state index in [1.807, 2.05) is 0 Å². The number of hydrogen-bond donors (Lipinski definition) is 4. The first-order valence-electron chi connectivity index (χ1n) is 9.81. The van der Waals surface area contributed by atoms with Crippen molar-refractivity contribution in [1.29, 1.82) is 0 Å². The van der Waals surface area contributed by atoms with Crippen molar-refractivity contribution in [2.24, 2.45) is 10.3 Å². The lowest BCUT2D eigenvalue weighted by atomic mass is 9.99. The standard InChI is InChI=1S/C18H24N8O7S/c1-17(2,3)32-16(31)24-15-22-9(7-34-15)11(25-33-18(4,5)14(29)30)13(28)23-10-8(6-20-26-19)21-12(10)27/h7-8,10H,6H2,1-5H3,(H,21,27)(H,23,28)(H,29,30)(H,22,24,31)/t8-,10-/m0/s1. The van der Waals surface area contributed by atoms with Gasteiger partial charge in [-0.1, -0.05) is 10.3 Å². The molecule has 2 rings (SSSR count). The van der Waals surface area contributed by atoms with Gasteiger partial charge in [0.05, 0.1) is 6.04 Å². The number of ether oxygens (including phenoxy) is 1. The van der Waals surface area contributed by atoms with Crippen LogP contribution >= 0.6 is 11.3 Å². The molecule has 0 radical (unpaired) electrons. The summed E-state index contributed by atoms with van der Waals surface area (Å²) in [5.74, 6) is -2.75. The van der Waals surface area contributed by atoms with Crippen molar-refractivity contribution in [3.8, 4) is 0 Å². The van der Waals surface area contributed by atoms with Gasteiger partial charge >= 0.3 is 12.1 Å². The summed E-state index contributed by atoms with van der Waals surface area (Å²) in [5.41, 5.74) is 5.43. The predicted octanol–water partition coefficient (Wildman–Crippen LogP) is 1.37. The second kappa shape index (κ2) is 10.4. The molecule has 0 unspecified atom stereocenters. The molecule has 3 amide bonds. The van der Waals surface area contributed by atoms with Crippen LogP contribution in [-0.4, -0.2) is 69.5 Å². The third-order valence-corrected chi connectivity index (χ3v) is 4.85. The Kier molecular flexibility index (Phi) is 8.02. The molecular weight excluding hydrogens is 472 g/mol. The van der Waals surface area contributed by atoms with E-state index in [0.717, 1.165) is 11.3 Å². The SMILES string of the molecule is CC(C)(C)OC(=O)Nc1nc(C(=NOC(C)(C)C(=O)O)C(=O)N[C@@H]2C(=O)N[C@H]2CN=[N+]=[N-])cs1. The van der Waals surface area contributed by atoms with E-state index in [0.29, 0.717) is 0 Å². The lowest BCUT2D eigenvalue weighted by molar-refractivity contribution is -0.161. The van der Waals surface area contributed by atoms with Gasteiger partial charge in [0.15, 0.2) is 10.8 Å². The number of rotatable bonds is 9. The van der Waals surface area contributed by atoms with E-state index < -0.39 is 52.9 Å². The van der Waals surface area contributed by atoms with E-state index in [4.69, 9.17) is 15.1 Å². The number of carboxylic acid groups (broad SMARTS) is 1. The number of hydrogen-bond acceptors (Lipinski definition) is 10. The van der Waals surface area contributed by atoms with Crippen LogP contribution in [0.4, 0.5) is 9.93 Å². The van der Waals surface area contributed by atoms with Gasteiger partial charge in [0.1, 0.15) is 17.3 Å². The first kappa shape index (κ1) is 26.3. The lowest BCUT2D eigenvalue weighted by Crippen LogP contribution is -2.70. The van der Waals surface area contributed by atoms with E-state index in [1.54, 1.807) is 20.8 Å². The Balaban J connectivity index is 2.26. The molecule has 2 atom stereocenters. The van der Waals surface area contributed by atoms with Gasteiger partial charge in [-0.25, -0.2) is 14.6 Å². The number of nitrogens with one attached hydrogen (secondary N) is 3. The van der Waals surface area contributed by atoms with Crippen LogP contribution in [0.3, 0.4) is 0 Å². The summed E-state index contributed by atoms with van der Waals surface area (Å²) in [6, 6.07) is -1.65. The van der Waals surface area contributed by atoms with Crippen molar-refractivity contribution >= 4 is 46.1 Å². The van der Waals surface area contributed by atoms with E-state index in [1.165, 1.54) is 19.2 Å². The molecule has 0 saturated carbocycles. The average Bonchev–Trinajstić information content (AvgIpc) is 3.15. The molecular formula is C18H24N8O7S. The molecule has 4 N–H and O–H groups in total. The zero-order valence-electron chi connectivity index (χ0n) is 19.0. The Hall–Kier alpha value is -3.91. The zero-order chi connectivity index (χ0) is 25.7. The second-order valence-electron chi connectivity index (χ2n) is 8.49. The highest BCUT2D eigenvalue weighted by atomic mass is 32.1. The molecule has 0 aromatic carbocycles. The van der Waals surface area contributed by atoms with E-state index in [2.05, 4.69) is 36.1 Å². The molecule has 15 nitrogen and oxygen atoms in total. The van der Waals surface area contributed by atoms with Gasteiger partial charge in [-0.05, 0) is 40.1 Å². The Labute approximate surface area is 197 Å². The van der Waals surface area contributed by atoms with Crippen LogP contribution in [0.25, 0.3) is 10.4 Å². The zero-order valence-corrected chi connectivity index (χ0v) is 19.8. The molecule has 184 valence electrons. The number of carbonyl (C=O) groups is 4. The Bertz CT molecular complexity index is 1050. The van der Waals surface area contributed by atoms with Crippen LogP contribution in [0, 0.1) is 0 Å². The van der Waals surface area contributed by atoms with Gasteiger partial charge in [-0.15, -0.1) is 11.3 Å². The molecule has 0 spiro atoms. The minimum absolute atomic E-state index is 0.0546. The number of carboxylic acids is 1. The molecule has 1 aromatic heterocycles. The van der Waals surface area contributed by atoms with Crippen molar-refractivity contribution in [2.45, 2.75) is 57.9 Å². The monoisotopic (exact) mass is 496 g/mol. The maximum atomic E-state index is 12.9. The smallest absolute Gasteiger partial charge is 0.413 e. The summed E-state index contributed by atoms with van der Waals surface area (Å²) in [4.78, 5) is 59.9. The Morgan fingerprint density at radius 1 is 1.32 bits per heavy atom. The fourth-order valence-electron chi connectivity index (χ4n) is 2.33. The summed E-state index contributed by atoms with van der Waals surface area (Å²) in [6.07, 6.45) is -0.772. The van der Waals surface area contributed by atoms with Crippen LogP contribution in [0.15, 0.2) is 15.7 Å². The van der Waals surface area contributed by atoms with Crippen molar-refractivity contribution in [3.05, 3.63) is 21.5 Å². The van der Waals surface area contributed by atoms with Crippen LogP contribution in [0.1, 0.15) is 40.3 Å². The average molecular weight is 497 g/mol. The van der Waals surface area contributed by atoms with Crippen LogP contribution < -0.4 is 16.0 Å². The van der Waals surface area contributed by atoms with Crippen molar-refractivity contribution in [2.75, 3.05) is 11.9 Å². The predicted molar refractivity (Wildman–Crippen MR) is 119 cm³/mol. The molecule has 34 heavy (non-hydrogen) atoms. The maximum absolute atomic E-state index is 12.9. The summed E-state index contributed by atoms with van der Waals surface area (Å²) in [5, 5.41) is 25.1. The summed E-state index contributed by atoms with van der Waals surface area (Å²) in [6.45, 7) is 7.40. The number of aromatic nitrogens is 1. The quantitative estimate of drug-likeness (QED) is 0.0974. The normalized spacial score (nSPS) is 18.0. The van der Waals surface area contributed by atoms with Gasteiger partial charge in [0, 0.05) is 16.8 Å². The largest absolute Gasteiger partial charge is 0.478 e. The lowest BCUT2D eigenvalue weighted by Gasteiger charge is -2.36.